The third-order valence-electron chi connectivity index (χ3n) is 3.64. The molecule has 0 aliphatic rings. The van der Waals surface area contributed by atoms with E-state index in [0.717, 1.165) is 24.8 Å². The van der Waals surface area contributed by atoms with Crippen LogP contribution in [0.5, 0.6) is 0 Å². The van der Waals surface area contributed by atoms with Gasteiger partial charge in [-0.05, 0) is 37.8 Å². The van der Waals surface area contributed by atoms with Crippen molar-refractivity contribution in [2.75, 3.05) is 0 Å². The molecule has 0 saturated heterocycles. The summed E-state index contributed by atoms with van der Waals surface area (Å²) in [5.74, 6) is 0.382. The van der Waals surface area contributed by atoms with Gasteiger partial charge in [-0.2, -0.15) is 0 Å². The summed E-state index contributed by atoms with van der Waals surface area (Å²) in [7, 11) is 0. The first-order valence-corrected chi connectivity index (χ1v) is 8.16. The number of rotatable bonds is 8. The SMILES string of the molecule is C=CCc1ncc(-c2ccc(/C=C/CCCC(C)O)cc2F)cn1. The number of hydrogen-bond acceptors (Lipinski definition) is 3. The van der Waals surface area contributed by atoms with Gasteiger partial charge in [-0.25, -0.2) is 14.4 Å². The molecule has 2 rings (SSSR count). The highest BCUT2D eigenvalue weighted by Gasteiger charge is 2.06. The van der Waals surface area contributed by atoms with Gasteiger partial charge in [-0.1, -0.05) is 30.4 Å². The Kier molecular flexibility index (Phi) is 6.82. The molecule has 0 radical (unpaired) electrons. The largest absolute Gasteiger partial charge is 0.393 e. The van der Waals surface area contributed by atoms with Crippen LogP contribution in [0.3, 0.4) is 0 Å². The fraction of sp³-hybridized carbons (Fsp3) is 0.300. The maximum absolute atomic E-state index is 14.3. The summed E-state index contributed by atoms with van der Waals surface area (Å²) in [4.78, 5) is 8.42. The molecule has 3 nitrogen and oxygen atoms in total. The van der Waals surface area contributed by atoms with E-state index in [9.17, 15) is 9.50 Å². The Hall–Kier alpha value is -2.33. The van der Waals surface area contributed by atoms with Crippen molar-refractivity contribution in [1.29, 1.82) is 0 Å². The van der Waals surface area contributed by atoms with Crippen molar-refractivity contribution in [3.63, 3.8) is 0 Å². The van der Waals surface area contributed by atoms with Gasteiger partial charge in [-0.3, -0.25) is 0 Å². The minimum atomic E-state index is -0.291. The molecule has 1 atom stereocenters. The van der Waals surface area contributed by atoms with E-state index in [2.05, 4.69) is 16.5 Å². The molecule has 126 valence electrons. The minimum Gasteiger partial charge on any atom is -0.393 e. The number of allylic oxidation sites excluding steroid dienone is 2. The molecule has 1 heterocycles. The summed E-state index contributed by atoms with van der Waals surface area (Å²) < 4.78 is 14.3. The van der Waals surface area contributed by atoms with Gasteiger partial charge in [0.25, 0.3) is 0 Å². The quantitative estimate of drug-likeness (QED) is 0.571. The molecular weight excluding hydrogens is 303 g/mol. The molecule has 1 N–H and O–H groups in total. The molecule has 1 unspecified atom stereocenters. The van der Waals surface area contributed by atoms with Crippen molar-refractivity contribution in [1.82, 2.24) is 9.97 Å². The first-order chi connectivity index (χ1) is 11.6. The molecule has 0 spiro atoms. The Balaban J connectivity index is 2.03. The van der Waals surface area contributed by atoms with Gasteiger partial charge in [0.05, 0.1) is 6.10 Å². The molecule has 0 bridgehead atoms. The number of aliphatic hydroxyl groups excluding tert-OH is 1. The standard InChI is InChI=1S/C20H23FN2O/c1-3-7-20-22-13-17(14-23-20)18-11-10-16(12-19(18)21)9-6-4-5-8-15(2)24/h3,6,9-15,24H,1,4-5,7-8H2,2H3/b9-6+. The van der Waals surface area contributed by atoms with Crippen molar-refractivity contribution >= 4 is 6.08 Å². The monoisotopic (exact) mass is 326 g/mol. The van der Waals surface area contributed by atoms with Gasteiger partial charge in [0, 0.05) is 29.9 Å². The van der Waals surface area contributed by atoms with Crippen LogP contribution in [0.2, 0.25) is 0 Å². The average molecular weight is 326 g/mol. The van der Waals surface area contributed by atoms with Crippen LogP contribution in [0.1, 0.15) is 37.6 Å². The highest BCUT2D eigenvalue weighted by Crippen LogP contribution is 2.23. The van der Waals surface area contributed by atoms with Gasteiger partial charge in [0.2, 0.25) is 0 Å². The predicted octanol–water partition coefficient (Wildman–Crippen LogP) is 4.58. The van der Waals surface area contributed by atoms with Gasteiger partial charge in [-0.15, -0.1) is 6.58 Å². The Bertz CT molecular complexity index is 693. The van der Waals surface area contributed by atoms with Crippen LogP contribution in [-0.2, 0) is 6.42 Å². The van der Waals surface area contributed by atoms with Crippen LogP contribution in [0.15, 0.2) is 49.3 Å². The minimum absolute atomic E-state index is 0.268. The topological polar surface area (TPSA) is 46.0 Å². The maximum Gasteiger partial charge on any atom is 0.131 e. The number of aromatic nitrogens is 2. The van der Waals surface area contributed by atoms with E-state index in [1.807, 2.05) is 18.2 Å². The van der Waals surface area contributed by atoms with Crippen LogP contribution >= 0.6 is 0 Å². The second-order valence-corrected chi connectivity index (χ2v) is 5.80. The van der Waals surface area contributed by atoms with E-state index in [1.165, 1.54) is 6.07 Å². The lowest BCUT2D eigenvalue weighted by molar-refractivity contribution is 0.182. The van der Waals surface area contributed by atoms with Crippen molar-refractivity contribution in [3.8, 4) is 11.1 Å². The molecule has 2 aromatic rings. The fourth-order valence-corrected chi connectivity index (χ4v) is 2.35. The number of hydrogen-bond donors (Lipinski definition) is 1. The highest BCUT2D eigenvalue weighted by molar-refractivity contribution is 5.65. The normalized spacial score (nSPS) is 12.5. The van der Waals surface area contributed by atoms with Crippen LogP contribution < -0.4 is 0 Å². The molecule has 0 aliphatic carbocycles. The summed E-state index contributed by atoms with van der Waals surface area (Å²) in [6.07, 6.45) is 11.8. The second kappa shape index (κ2) is 9.08. The van der Waals surface area contributed by atoms with Crippen molar-refractivity contribution in [3.05, 3.63) is 66.5 Å². The third kappa shape index (κ3) is 5.39. The lowest BCUT2D eigenvalue weighted by Crippen LogP contribution is -1.97. The van der Waals surface area contributed by atoms with Crippen molar-refractivity contribution in [2.24, 2.45) is 0 Å². The van der Waals surface area contributed by atoms with Crippen molar-refractivity contribution < 1.29 is 9.50 Å². The number of nitrogens with zero attached hydrogens (tertiary/aromatic N) is 2. The average Bonchev–Trinajstić information content (AvgIpc) is 2.56. The zero-order chi connectivity index (χ0) is 17.4. The van der Waals surface area contributed by atoms with E-state index in [-0.39, 0.29) is 11.9 Å². The number of benzene rings is 1. The maximum atomic E-state index is 14.3. The molecule has 0 saturated carbocycles. The Morgan fingerprint density at radius 1 is 1.29 bits per heavy atom. The molecule has 1 aromatic carbocycles. The second-order valence-electron chi connectivity index (χ2n) is 5.80. The number of unbranched alkanes of at least 4 members (excludes halogenated alkanes) is 1. The lowest BCUT2D eigenvalue weighted by Gasteiger charge is -2.05. The van der Waals surface area contributed by atoms with Crippen LogP contribution in [-0.4, -0.2) is 21.2 Å². The number of aliphatic hydroxyl groups is 1. The van der Waals surface area contributed by atoms with Crippen LogP contribution in [0.4, 0.5) is 4.39 Å². The Labute approximate surface area is 142 Å². The van der Waals surface area contributed by atoms with Gasteiger partial charge in [0.15, 0.2) is 0 Å². The Morgan fingerprint density at radius 3 is 2.67 bits per heavy atom. The first-order valence-electron chi connectivity index (χ1n) is 8.16. The summed E-state index contributed by atoms with van der Waals surface area (Å²) in [6.45, 7) is 5.43. The summed E-state index contributed by atoms with van der Waals surface area (Å²) in [5.41, 5.74) is 1.97. The summed E-state index contributed by atoms with van der Waals surface area (Å²) in [6, 6.07) is 5.13. The lowest BCUT2D eigenvalue weighted by atomic mass is 10.0. The van der Waals surface area contributed by atoms with E-state index < -0.39 is 0 Å². The van der Waals surface area contributed by atoms with Crippen molar-refractivity contribution in [2.45, 2.75) is 38.7 Å². The molecular formula is C20H23FN2O. The molecule has 0 aliphatic heterocycles. The summed E-state index contributed by atoms with van der Waals surface area (Å²) >= 11 is 0. The van der Waals surface area contributed by atoms with E-state index in [0.29, 0.717) is 23.4 Å². The first kappa shape index (κ1) is 18.0. The van der Waals surface area contributed by atoms with E-state index >= 15 is 0 Å². The zero-order valence-corrected chi connectivity index (χ0v) is 14.0. The molecule has 24 heavy (non-hydrogen) atoms. The fourth-order valence-electron chi connectivity index (χ4n) is 2.35. The molecule has 1 aromatic heterocycles. The predicted molar refractivity (Wildman–Crippen MR) is 95.9 cm³/mol. The van der Waals surface area contributed by atoms with Crippen LogP contribution in [0, 0.1) is 5.82 Å². The smallest absolute Gasteiger partial charge is 0.131 e. The number of halogens is 1. The summed E-state index contributed by atoms with van der Waals surface area (Å²) in [5, 5.41) is 9.20. The van der Waals surface area contributed by atoms with Gasteiger partial charge in [0.1, 0.15) is 11.6 Å². The highest BCUT2D eigenvalue weighted by atomic mass is 19.1. The molecule has 4 heteroatoms. The van der Waals surface area contributed by atoms with E-state index in [4.69, 9.17) is 0 Å². The Morgan fingerprint density at radius 2 is 2.04 bits per heavy atom. The zero-order valence-electron chi connectivity index (χ0n) is 14.0. The molecule has 0 amide bonds. The van der Waals surface area contributed by atoms with E-state index in [1.54, 1.807) is 31.5 Å². The van der Waals surface area contributed by atoms with Gasteiger partial charge < -0.3 is 5.11 Å². The third-order valence-corrected chi connectivity index (χ3v) is 3.64. The molecule has 0 fully saturated rings. The van der Waals surface area contributed by atoms with Gasteiger partial charge >= 0.3 is 0 Å². The van der Waals surface area contributed by atoms with Crippen LogP contribution in [0.25, 0.3) is 17.2 Å².